The summed E-state index contributed by atoms with van der Waals surface area (Å²) in [5.41, 5.74) is 1.72. The standard InChI is InChI=1S/C25H29N3O5/c1-16(2)23(25(30)28(3)15-17-9-7-6-8-10-17)26-24(29)20-14-22(33-27-20)19-12-11-18(31-4)13-21(19)32-5/h6-14,16,23H,15H2,1-5H3,(H,26,29)/t23-/m0/s1. The lowest BCUT2D eigenvalue weighted by Gasteiger charge is -2.27. The van der Waals surface area contributed by atoms with Crippen LogP contribution in [0.3, 0.4) is 0 Å². The molecule has 0 aliphatic heterocycles. The zero-order valence-electron chi connectivity index (χ0n) is 19.5. The second kappa shape index (κ2) is 10.7. The van der Waals surface area contributed by atoms with E-state index in [1.165, 1.54) is 13.2 Å². The van der Waals surface area contributed by atoms with E-state index in [2.05, 4.69) is 10.5 Å². The van der Waals surface area contributed by atoms with Gasteiger partial charge in [0.15, 0.2) is 11.5 Å². The SMILES string of the molecule is COc1ccc(-c2cc(C(=O)N[C@H](C(=O)N(C)Cc3ccccc3)C(C)C)no2)c(OC)c1. The first-order valence-electron chi connectivity index (χ1n) is 10.6. The highest BCUT2D eigenvalue weighted by molar-refractivity contribution is 5.96. The Morgan fingerprint density at radius 2 is 1.79 bits per heavy atom. The van der Waals surface area contributed by atoms with E-state index in [4.69, 9.17) is 14.0 Å². The van der Waals surface area contributed by atoms with Crippen LogP contribution in [0.1, 0.15) is 29.9 Å². The zero-order chi connectivity index (χ0) is 24.0. The summed E-state index contributed by atoms with van der Waals surface area (Å²) in [6, 6.07) is 15.7. The molecule has 0 aliphatic rings. The van der Waals surface area contributed by atoms with Crippen molar-refractivity contribution in [2.45, 2.75) is 26.4 Å². The Labute approximate surface area is 193 Å². The molecule has 33 heavy (non-hydrogen) atoms. The van der Waals surface area contributed by atoms with Crippen LogP contribution >= 0.6 is 0 Å². The number of aromatic nitrogens is 1. The van der Waals surface area contributed by atoms with Gasteiger partial charge in [0.05, 0.1) is 19.8 Å². The van der Waals surface area contributed by atoms with E-state index in [-0.39, 0.29) is 17.5 Å². The Morgan fingerprint density at radius 3 is 2.42 bits per heavy atom. The lowest BCUT2D eigenvalue weighted by atomic mass is 10.0. The number of nitrogens with zero attached hydrogens (tertiary/aromatic N) is 2. The van der Waals surface area contributed by atoms with E-state index in [0.29, 0.717) is 29.4 Å². The van der Waals surface area contributed by atoms with Crippen molar-refractivity contribution >= 4 is 11.8 Å². The molecule has 0 bridgehead atoms. The van der Waals surface area contributed by atoms with Crippen LogP contribution in [0.4, 0.5) is 0 Å². The number of ether oxygens (including phenoxy) is 2. The maximum atomic E-state index is 13.1. The van der Waals surface area contributed by atoms with Crippen molar-refractivity contribution in [2.75, 3.05) is 21.3 Å². The largest absolute Gasteiger partial charge is 0.497 e. The molecule has 8 nitrogen and oxygen atoms in total. The third kappa shape index (κ3) is 5.71. The zero-order valence-corrected chi connectivity index (χ0v) is 19.5. The summed E-state index contributed by atoms with van der Waals surface area (Å²) in [7, 11) is 4.82. The van der Waals surface area contributed by atoms with Crippen LogP contribution in [0, 0.1) is 5.92 Å². The molecule has 2 aromatic carbocycles. The van der Waals surface area contributed by atoms with E-state index >= 15 is 0 Å². The van der Waals surface area contributed by atoms with Crippen LogP contribution in [0.15, 0.2) is 59.1 Å². The predicted octanol–water partition coefficient (Wildman–Crippen LogP) is 3.77. The van der Waals surface area contributed by atoms with Gasteiger partial charge in [-0.15, -0.1) is 0 Å². The summed E-state index contributed by atoms with van der Waals surface area (Å²) in [6.07, 6.45) is 0. The molecular weight excluding hydrogens is 422 g/mol. The molecule has 0 fully saturated rings. The van der Waals surface area contributed by atoms with Crippen molar-refractivity contribution in [3.8, 4) is 22.8 Å². The van der Waals surface area contributed by atoms with Crippen LogP contribution in [0.2, 0.25) is 0 Å². The van der Waals surface area contributed by atoms with E-state index in [1.807, 2.05) is 44.2 Å². The second-order valence-corrected chi connectivity index (χ2v) is 8.02. The molecule has 0 unspecified atom stereocenters. The first-order chi connectivity index (χ1) is 15.8. The smallest absolute Gasteiger partial charge is 0.274 e. The van der Waals surface area contributed by atoms with Crippen molar-refractivity contribution in [3.63, 3.8) is 0 Å². The van der Waals surface area contributed by atoms with Gasteiger partial charge in [0.2, 0.25) is 5.91 Å². The molecule has 1 heterocycles. The number of nitrogens with one attached hydrogen (secondary N) is 1. The van der Waals surface area contributed by atoms with Gasteiger partial charge in [-0.25, -0.2) is 0 Å². The Bertz CT molecular complexity index is 1090. The van der Waals surface area contributed by atoms with Crippen LogP contribution in [-0.2, 0) is 11.3 Å². The maximum Gasteiger partial charge on any atom is 0.274 e. The van der Waals surface area contributed by atoms with Crippen molar-refractivity contribution < 1.29 is 23.6 Å². The number of rotatable bonds is 9. The van der Waals surface area contributed by atoms with Gasteiger partial charge in [-0.3, -0.25) is 9.59 Å². The molecule has 0 saturated heterocycles. The number of methoxy groups -OCH3 is 2. The number of hydrogen-bond acceptors (Lipinski definition) is 6. The highest BCUT2D eigenvalue weighted by atomic mass is 16.5. The van der Waals surface area contributed by atoms with Gasteiger partial charge in [-0.2, -0.15) is 0 Å². The molecule has 1 N–H and O–H groups in total. The quantitative estimate of drug-likeness (QED) is 0.532. The molecule has 2 amide bonds. The molecule has 174 valence electrons. The molecule has 3 rings (SSSR count). The summed E-state index contributed by atoms with van der Waals surface area (Å²) >= 11 is 0. The van der Waals surface area contributed by atoms with E-state index in [1.54, 1.807) is 37.3 Å². The number of benzene rings is 2. The molecule has 0 saturated carbocycles. The first-order valence-corrected chi connectivity index (χ1v) is 10.6. The molecular formula is C25H29N3O5. The number of likely N-dealkylation sites (N-methyl/N-ethyl adjacent to an activating group) is 1. The van der Waals surface area contributed by atoms with Gasteiger partial charge in [0.25, 0.3) is 5.91 Å². The minimum atomic E-state index is -0.707. The number of carbonyl (C=O) groups is 2. The average molecular weight is 452 g/mol. The Morgan fingerprint density at radius 1 is 1.06 bits per heavy atom. The topological polar surface area (TPSA) is 93.9 Å². The lowest BCUT2D eigenvalue weighted by Crippen LogP contribution is -2.50. The fourth-order valence-corrected chi connectivity index (χ4v) is 3.41. The molecule has 0 radical (unpaired) electrons. The Kier molecular flexibility index (Phi) is 7.71. The molecule has 1 atom stereocenters. The number of amides is 2. The van der Waals surface area contributed by atoms with E-state index < -0.39 is 11.9 Å². The van der Waals surface area contributed by atoms with Gasteiger partial charge in [-0.05, 0) is 23.6 Å². The minimum Gasteiger partial charge on any atom is -0.497 e. The number of carbonyl (C=O) groups excluding carboxylic acids is 2. The Hall–Kier alpha value is -3.81. The summed E-state index contributed by atoms with van der Waals surface area (Å²) in [5, 5.41) is 6.70. The fraction of sp³-hybridized carbons (Fsp3) is 0.320. The van der Waals surface area contributed by atoms with Gasteiger partial charge in [0.1, 0.15) is 17.5 Å². The Balaban J connectivity index is 1.74. The number of hydrogen-bond donors (Lipinski definition) is 1. The summed E-state index contributed by atoms with van der Waals surface area (Å²) in [6.45, 7) is 4.22. The van der Waals surface area contributed by atoms with Gasteiger partial charge in [-0.1, -0.05) is 49.3 Å². The highest BCUT2D eigenvalue weighted by Crippen LogP contribution is 2.33. The normalized spacial score (nSPS) is 11.7. The lowest BCUT2D eigenvalue weighted by molar-refractivity contribution is -0.133. The summed E-state index contributed by atoms with van der Waals surface area (Å²) in [5.74, 6) is 0.739. The molecule has 0 aliphatic carbocycles. The third-order valence-electron chi connectivity index (χ3n) is 5.28. The van der Waals surface area contributed by atoms with Crippen molar-refractivity contribution in [1.29, 1.82) is 0 Å². The average Bonchev–Trinajstić information content (AvgIpc) is 3.32. The van der Waals surface area contributed by atoms with Gasteiger partial charge < -0.3 is 24.2 Å². The summed E-state index contributed by atoms with van der Waals surface area (Å²) < 4.78 is 16.0. The molecule has 1 aromatic heterocycles. The molecule has 3 aromatic rings. The summed E-state index contributed by atoms with van der Waals surface area (Å²) in [4.78, 5) is 27.6. The maximum absolute atomic E-state index is 13.1. The van der Waals surface area contributed by atoms with Gasteiger partial charge >= 0.3 is 0 Å². The highest BCUT2D eigenvalue weighted by Gasteiger charge is 2.28. The van der Waals surface area contributed by atoms with E-state index in [0.717, 1.165) is 5.56 Å². The first kappa shape index (κ1) is 23.8. The molecule has 0 spiro atoms. The van der Waals surface area contributed by atoms with Gasteiger partial charge in [0, 0.05) is 25.7 Å². The third-order valence-corrected chi connectivity index (χ3v) is 5.28. The van der Waals surface area contributed by atoms with Crippen molar-refractivity contribution in [2.24, 2.45) is 5.92 Å². The molecule has 8 heteroatoms. The van der Waals surface area contributed by atoms with Crippen LogP contribution in [-0.4, -0.2) is 49.2 Å². The second-order valence-electron chi connectivity index (χ2n) is 8.02. The van der Waals surface area contributed by atoms with Crippen LogP contribution in [0.5, 0.6) is 11.5 Å². The minimum absolute atomic E-state index is 0.0760. The van der Waals surface area contributed by atoms with Crippen molar-refractivity contribution in [3.05, 3.63) is 65.9 Å². The van der Waals surface area contributed by atoms with Crippen LogP contribution in [0.25, 0.3) is 11.3 Å². The van der Waals surface area contributed by atoms with Crippen LogP contribution < -0.4 is 14.8 Å². The van der Waals surface area contributed by atoms with Crippen molar-refractivity contribution in [1.82, 2.24) is 15.4 Å². The fourth-order valence-electron chi connectivity index (χ4n) is 3.41. The van der Waals surface area contributed by atoms with E-state index in [9.17, 15) is 9.59 Å². The predicted molar refractivity (Wildman–Crippen MR) is 124 cm³/mol. The monoisotopic (exact) mass is 451 g/mol.